The lowest BCUT2D eigenvalue weighted by Crippen LogP contribution is -2.38. The minimum Gasteiger partial charge on any atom is -0.455 e. The highest BCUT2D eigenvalue weighted by atomic mass is 79.9. The van der Waals surface area contributed by atoms with Gasteiger partial charge >= 0.3 is 5.97 Å². The van der Waals surface area contributed by atoms with E-state index in [9.17, 15) is 14.4 Å². The average molecular weight is 403 g/mol. The molecule has 0 heterocycles. The summed E-state index contributed by atoms with van der Waals surface area (Å²) in [6.45, 7) is 1.45. The maximum absolute atomic E-state index is 11.6. The van der Waals surface area contributed by atoms with Crippen LogP contribution < -0.4 is 5.32 Å². The molecule has 1 N–H and O–H groups in total. The van der Waals surface area contributed by atoms with Crippen molar-refractivity contribution in [1.82, 2.24) is 10.2 Å². The average Bonchev–Trinajstić information content (AvgIpc) is 2.49. The molecule has 0 aliphatic rings. The molecule has 0 atom stereocenters. The number of carbonyl (C=O) groups is 3. The lowest BCUT2D eigenvalue weighted by atomic mass is 10.2. The molecule has 0 aliphatic carbocycles. The Morgan fingerprint density at radius 1 is 1.30 bits per heavy atom. The van der Waals surface area contributed by atoms with Crippen LogP contribution in [0.1, 0.15) is 5.56 Å². The fourth-order valence-corrected chi connectivity index (χ4v) is 2.77. The molecule has 6 nitrogen and oxygen atoms in total. The minimum atomic E-state index is -0.502. The van der Waals surface area contributed by atoms with E-state index in [1.54, 1.807) is 14.1 Å². The number of aryl methyl sites for hydroxylation is 1. The SMILES string of the molecule is Cc1cc(Br)ccc1SCC(=O)OCC(=O)NCC(=O)N(C)C. The van der Waals surface area contributed by atoms with E-state index in [-0.39, 0.29) is 24.8 Å². The Morgan fingerprint density at radius 3 is 2.61 bits per heavy atom. The summed E-state index contributed by atoms with van der Waals surface area (Å²) in [4.78, 5) is 36.7. The van der Waals surface area contributed by atoms with E-state index in [0.717, 1.165) is 14.9 Å². The lowest BCUT2D eigenvalue weighted by molar-refractivity contribution is -0.146. The summed E-state index contributed by atoms with van der Waals surface area (Å²) in [5.41, 5.74) is 1.05. The molecule has 0 unspecified atom stereocenters. The molecule has 0 radical (unpaired) electrons. The van der Waals surface area contributed by atoms with Gasteiger partial charge in [0.05, 0.1) is 12.3 Å². The standard InChI is InChI=1S/C15H19BrN2O4S/c1-10-6-11(16)4-5-12(10)23-9-15(21)22-8-13(19)17-7-14(20)18(2)3/h4-6H,7-9H2,1-3H3,(H,17,19). The number of hydrogen-bond donors (Lipinski definition) is 1. The van der Waals surface area contributed by atoms with Gasteiger partial charge in [0, 0.05) is 23.5 Å². The largest absolute Gasteiger partial charge is 0.455 e. The molecule has 1 aromatic rings. The number of thioether (sulfide) groups is 1. The second-order valence-corrected chi connectivity index (χ2v) is 6.86. The number of ether oxygens (including phenoxy) is 1. The number of benzene rings is 1. The van der Waals surface area contributed by atoms with E-state index in [2.05, 4.69) is 21.2 Å². The van der Waals surface area contributed by atoms with Gasteiger partial charge in [0.25, 0.3) is 5.91 Å². The van der Waals surface area contributed by atoms with Gasteiger partial charge in [-0.1, -0.05) is 15.9 Å². The zero-order valence-corrected chi connectivity index (χ0v) is 15.6. The number of halogens is 1. The van der Waals surface area contributed by atoms with Crippen LogP contribution in [-0.4, -0.2) is 55.7 Å². The van der Waals surface area contributed by atoms with Gasteiger partial charge < -0.3 is 15.0 Å². The smallest absolute Gasteiger partial charge is 0.316 e. The number of esters is 1. The molecule has 0 fully saturated rings. The maximum Gasteiger partial charge on any atom is 0.316 e. The molecule has 8 heteroatoms. The highest BCUT2D eigenvalue weighted by Gasteiger charge is 2.11. The summed E-state index contributed by atoms with van der Waals surface area (Å²) < 4.78 is 5.85. The molecule has 1 aromatic carbocycles. The molecule has 0 saturated carbocycles. The Morgan fingerprint density at radius 2 is 2.00 bits per heavy atom. The fraction of sp³-hybridized carbons (Fsp3) is 0.400. The summed E-state index contributed by atoms with van der Waals surface area (Å²) in [5, 5.41) is 2.39. The van der Waals surface area contributed by atoms with Gasteiger partial charge in [-0.2, -0.15) is 0 Å². The van der Waals surface area contributed by atoms with Crippen LogP contribution >= 0.6 is 27.7 Å². The third-order valence-corrected chi connectivity index (χ3v) is 4.42. The number of carbonyl (C=O) groups excluding carboxylic acids is 3. The molecule has 126 valence electrons. The quantitative estimate of drug-likeness (QED) is 0.553. The highest BCUT2D eigenvalue weighted by molar-refractivity contribution is 9.10. The zero-order chi connectivity index (χ0) is 17.4. The van der Waals surface area contributed by atoms with Crippen LogP contribution in [-0.2, 0) is 19.1 Å². The molecular formula is C15H19BrN2O4S. The van der Waals surface area contributed by atoms with Crippen molar-refractivity contribution in [2.45, 2.75) is 11.8 Å². The van der Waals surface area contributed by atoms with Crippen molar-refractivity contribution in [3.05, 3.63) is 28.2 Å². The fourth-order valence-electron chi connectivity index (χ4n) is 1.48. The zero-order valence-electron chi connectivity index (χ0n) is 13.2. The van der Waals surface area contributed by atoms with Crippen LogP contribution in [0.4, 0.5) is 0 Å². The van der Waals surface area contributed by atoms with E-state index in [0.29, 0.717) is 0 Å². The van der Waals surface area contributed by atoms with Crippen molar-refractivity contribution in [1.29, 1.82) is 0 Å². The number of hydrogen-bond acceptors (Lipinski definition) is 5. The predicted molar refractivity (Wildman–Crippen MR) is 92.3 cm³/mol. The van der Waals surface area contributed by atoms with Crippen molar-refractivity contribution in [2.24, 2.45) is 0 Å². The monoisotopic (exact) mass is 402 g/mol. The number of likely N-dealkylation sites (N-methyl/N-ethyl adjacent to an activating group) is 1. The lowest BCUT2D eigenvalue weighted by Gasteiger charge is -2.11. The van der Waals surface area contributed by atoms with E-state index < -0.39 is 11.9 Å². The summed E-state index contributed by atoms with van der Waals surface area (Å²) >= 11 is 4.73. The van der Waals surface area contributed by atoms with Gasteiger partial charge in [0.15, 0.2) is 6.61 Å². The third kappa shape index (κ3) is 7.51. The van der Waals surface area contributed by atoms with Crippen LogP contribution in [0.3, 0.4) is 0 Å². The molecule has 0 spiro atoms. The van der Waals surface area contributed by atoms with Crippen molar-refractivity contribution >= 4 is 45.5 Å². The number of rotatable bonds is 7. The van der Waals surface area contributed by atoms with Gasteiger partial charge in [-0.05, 0) is 30.7 Å². The third-order valence-electron chi connectivity index (χ3n) is 2.78. The first-order chi connectivity index (χ1) is 10.8. The topological polar surface area (TPSA) is 75.7 Å². The molecule has 23 heavy (non-hydrogen) atoms. The van der Waals surface area contributed by atoms with Crippen molar-refractivity contribution in [3.63, 3.8) is 0 Å². The van der Waals surface area contributed by atoms with Crippen LogP contribution in [0.25, 0.3) is 0 Å². The summed E-state index contributed by atoms with van der Waals surface area (Å²) in [6.07, 6.45) is 0. The normalized spacial score (nSPS) is 10.1. The summed E-state index contributed by atoms with van der Waals surface area (Å²) in [5.74, 6) is -1.09. The Hall–Kier alpha value is -1.54. The molecule has 0 aliphatic heterocycles. The Labute approximate surface area is 148 Å². The van der Waals surface area contributed by atoms with Crippen LogP contribution in [0.5, 0.6) is 0 Å². The van der Waals surface area contributed by atoms with Crippen molar-refractivity contribution in [3.8, 4) is 0 Å². The van der Waals surface area contributed by atoms with E-state index in [4.69, 9.17) is 4.74 Å². The second-order valence-electron chi connectivity index (χ2n) is 4.92. The number of amides is 2. The van der Waals surface area contributed by atoms with Crippen LogP contribution in [0, 0.1) is 6.92 Å². The van der Waals surface area contributed by atoms with Gasteiger partial charge in [0.1, 0.15) is 0 Å². The Kier molecular flexibility index (Phi) is 8.11. The summed E-state index contributed by atoms with van der Waals surface area (Å²) in [6, 6.07) is 5.77. The van der Waals surface area contributed by atoms with Crippen molar-refractivity contribution in [2.75, 3.05) is 33.0 Å². The Balaban J connectivity index is 2.29. The number of nitrogens with zero attached hydrogens (tertiary/aromatic N) is 1. The van der Waals surface area contributed by atoms with Gasteiger partial charge in [0.2, 0.25) is 5.91 Å². The molecule has 0 aromatic heterocycles. The van der Waals surface area contributed by atoms with Gasteiger partial charge in [-0.15, -0.1) is 11.8 Å². The van der Waals surface area contributed by atoms with E-state index in [1.165, 1.54) is 16.7 Å². The van der Waals surface area contributed by atoms with E-state index >= 15 is 0 Å². The van der Waals surface area contributed by atoms with Crippen LogP contribution in [0.15, 0.2) is 27.6 Å². The van der Waals surface area contributed by atoms with Gasteiger partial charge in [-0.3, -0.25) is 14.4 Å². The van der Waals surface area contributed by atoms with Crippen LogP contribution in [0.2, 0.25) is 0 Å². The first-order valence-electron chi connectivity index (χ1n) is 6.81. The maximum atomic E-state index is 11.6. The van der Waals surface area contributed by atoms with Gasteiger partial charge in [-0.25, -0.2) is 0 Å². The first kappa shape index (κ1) is 19.5. The molecule has 0 bridgehead atoms. The first-order valence-corrected chi connectivity index (χ1v) is 8.59. The molecule has 2 amide bonds. The predicted octanol–water partition coefficient (Wildman–Crippen LogP) is 1.60. The minimum absolute atomic E-state index is 0.115. The number of nitrogens with one attached hydrogen (secondary N) is 1. The Bertz CT molecular complexity index is 593. The van der Waals surface area contributed by atoms with Crippen molar-refractivity contribution < 1.29 is 19.1 Å². The summed E-state index contributed by atoms with van der Waals surface area (Å²) in [7, 11) is 3.19. The molecule has 0 saturated heterocycles. The second kappa shape index (κ2) is 9.57. The van der Waals surface area contributed by atoms with E-state index in [1.807, 2.05) is 25.1 Å². The molecular weight excluding hydrogens is 384 g/mol. The highest BCUT2D eigenvalue weighted by Crippen LogP contribution is 2.25. The molecule has 1 rings (SSSR count).